The highest BCUT2D eigenvalue weighted by Gasteiger charge is 2.21. The molecule has 2 aromatic heterocycles. The van der Waals surface area contributed by atoms with Gasteiger partial charge in [-0.05, 0) is 37.6 Å². The molecule has 1 amide bonds. The second-order valence-corrected chi connectivity index (χ2v) is 6.13. The molecule has 0 saturated carbocycles. The van der Waals surface area contributed by atoms with Crippen molar-refractivity contribution in [1.82, 2.24) is 9.55 Å². The van der Waals surface area contributed by atoms with Crippen LogP contribution >= 0.6 is 0 Å². The first-order valence-corrected chi connectivity index (χ1v) is 7.98. The van der Waals surface area contributed by atoms with Crippen LogP contribution in [0.25, 0.3) is 16.8 Å². The summed E-state index contributed by atoms with van der Waals surface area (Å²) in [6.07, 6.45) is 2.30. The highest BCUT2D eigenvalue weighted by Crippen LogP contribution is 2.30. The van der Waals surface area contributed by atoms with Crippen molar-refractivity contribution in [3.63, 3.8) is 0 Å². The van der Waals surface area contributed by atoms with Crippen molar-refractivity contribution >= 4 is 11.7 Å². The summed E-state index contributed by atoms with van der Waals surface area (Å²) < 4.78 is 14.7. The molecule has 0 bridgehead atoms. The Balaban J connectivity index is 2.48. The minimum Gasteiger partial charge on any atom is -0.508 e. The maximum Gasteiger partial charge on any atom is 0.264 e. The van der Waals surface area contributed by atoms with E-state index in [1.54, 1.807) is 19.9 Å². The van der Waals surface area contributed by atoms with Crippen LogP contribution in [0.15, 0.2) is 41.5 Å². The molecular weight excluding hydrogens is 351 g/mol. The van der Waals surface area contributed by atoms with Gasteiger partial charge in [-0.1, -0.05) is 6.07 Å². The number of halogens is 1. The number of phenols is 1. The quantitative estimate of drug-likeness (QED) is 0.652. The van der Waals surface area contributed by atoms with Crippen LogP contribution in [0, 0.1) is 19.7 Å². The first kappa shape index (κ1) is 18.1. The summed E-state index contributed by atoms with van der Waals surface area (Å²) in [4.78, 5) is 28.8. The molecule has 2 heterocycles. The van der Waals surface area contributed by atoms with Gasteiger partial charge in [-0.2, -0.15) is 0 Å². The molecule has 0 fully saturated rings. The van der Waals surface area contributed by atoms with Crippen LogP contribution in [-0.4, -0.2) is 20.6 Å². The third-order valence-electron chi connectivity index (χ3n) is 4.35. The summed E-state index contributed by atoms with van der Waals surface area (Å²) in [5.74, 6) is -1.69. The van der Waals surface area contributed by atoms with Gasteiger partial charge in [-0.3, -0.25) is 19.1 Å². The molecule has 138 valence electrons. The Morgan fingerprint density at radius 2 is 1.93 bits per heavy atom. The molecule has 0 aliphatic rings. The number of phenolic OH excluding ortho intramolecular Hbond substituents is 1. The number of benzene rings is 1. The molecule has 0 atom stereocenters. The Hall–Kier alpha value is -3.68. The van der Waals surface area contributed by atoms with Gasteiger partial charge in [0, 0.05) is 17.3 Å². The maximum absolute atomic E-state index is 13.6. The third-order valence-corrected chi connectivity index (χ3v) is 4.35. The minimum atomic E-state index is -0.845. The number of nitrogens with zero attached hydrogens (tertiary/aromatic N) is 2. The lowest BCUT2D eigenvalue weighted by atomic mass is 10.0. The van der Waals surface area contributed by atoms with Crippen molar-refractivity contribution < 1.29 is 14.3 Å². The largest absolute Gasteiger partial charge is 0.508 e. The van der Waals surface area contributed by atoms with E-state index in [2.05, 4.69) is 4.98 Å². The van der Waals surface area contributed by atoms with Gasteiger partial charge < -0.3 is 16.6 Å². The molecule has 1 aromatic carbocycles. The predicted molar refractivity (Wildman–Crippen MR) is 99.3 cm³/mol. The average Bonchev–Trinajstić information content (AvgIpc) is 2.61. The topological polar surface area (TPSA) is 124 Å². The summed E-state index contributed by atoms with van der Waals surface area (Å²) in [7, 11) is 0. The number of carbonyl (C=O) groups is 1. The molecule has 5 N–H and O–H groups in total. The first-order valence-electron chi connectivity index (χ1n) is 7.98. The number of nitrogens with two attached hydrogens (primary N) is 2. The number of primary amides is 1. The summed E-state index contributed by atoms with van der Waals surface area (Å²) in [5.41, 5.74) is 12.3. The fourth-order valence-electron chi connectivity index (χ4n) is 2.98. The lowest BCUT2D eigenvalue weighted by Gasteiger charge is -2.19. The SMILES string of the molecule is Cc1ccc(O)c(C)c1-n1c(N)c(C(N)=O)cc(-c2cncc(F)c2)c1=O. The average molecular weight is 368 g/mol. The highest BCUT2D eigenvalue weighted by molar-refractivity contribution is 5.98. The number of hydrogen-bond donors (Lipinski definition) is 3. The van der Waals surface area contributed by atoms with Crippen molar-refractivity contribution in [2.45, 2.75) is 13.8 Å². The molecule has 7 nitrogen and oxygen atoms in total. The number of aromatic hydroxyl groups is 1. The standard InChI is InChI=1S/C19H17FN4O3/c1-9-3-4-15(25)10(2)16(9)24-17(21)14(18(22)26)6-13(19(24)27)11-5-12(20)8-23-7-11/h3-8,25H,21H2,1-2H3,(H2,22,26). The summed E-state index contributed by atoms with van der Waals surface area (Å²) in [6.45, 7) is 3.35. The van der Waals surface area contributed by atoms with Crippen LogP contribution in [0.4, 0.5) is 10.2 Å². The van der Waals surface area contributed by atoms with Crippen LogP contribution in [0.3, 0.4) is 0 Å². The lowest BCUT2D eigenvalue weighted by Crippen LogP contribution is -2.28. The smallest absolute Gasteiger partial charge is 0.264 e. The minimum absolute atomic E-state index is 0.00661. The monoisotopic (exact) mass is 368 g/mol. The molecule has 3 rings (SSSR count). The van der Waals surface area contributed by atoms with Gasteiger partial charge in [-0.25, -0.2) is 4.39 Å². The Bertz CT molecular complexity index is 1140. The van der Waals surface area contributed by atoms with Crippen molar-refractivity contribution in [2.75, 3.05) is 5.73 Å². The molecular formula is C19H17FN4O3. The molecule has 0 radical (unpaired) electrons. The van der Waals surface area contributed by atoms with E-state index in [4.69, 9.17) is 11.5 Å². The molecule has 0 saturated heterocycles. The number of pyridine rings is 2. The second kappa shape index (κ2) is 6.56. The van der Waals surface area contributed by atoms with E-state index in [-0.39, 0.29) is 28.3 Å². The van der Waals surface area contributed by atoms with Crippen molar-refractivity contribution in [2.24, 2.45) is 5.73 Å². The number of carbonyl (C=O) groups excluding carboxylic acids is 1. The molecule has 0 aliphatic carbocycles. The number of aryl methyl sites for hydroxylation is 1. The van der Waals surface area contributed by atoms with Gasteiger partial charge in [0.2, 0.25) is 0 Å². The van der Waals surface area contributed by atoms with Gasteiger partial charge in [0.1, 0.15) is 17.4 Å². The fraction of sp³-hybridized carbons (Fsp3) is 0.105. The third kappa shape index (κ3) is 3.01. The highest BCUT2D eigenvalue weighted by atomic mass is 19.1. The van der Waals surface area contributed by atoms with Crippen molar-refractivity contribution in [1.29, 1.82) is 0 Å². The van der Waals surface area contributed by atoms with Crippen molar-refractivity contribution in [3.05, 3.63) is 69.5 Å². The first-order chi connectivity index (χ1) is 12.7. The van der Waals surface area contributed by atoms with E-state index in [0.29, 0.717) is 16.8 Å². The maximum atomic E-state index is 13.6. The summed E-state index contributed by atoms with van der Waals surface area (Å²) in [5, 5.41) is 10.1. The summed E-state index contributed by atoms with van der Waals surface area (Å²) in [6, 6.07) is 5.45. The van der Waals surface area contributed by atoms with Crippen molar-refractivity contribution in [3.8, 4) is 22.6 Å². The molecule has 8 heteroatoms. The van der Waals surface area contributed by atoms with E-state index in [1.165, 1.54) is 18.3 Å². The molecule has 0 aliphatic heterocycles. The number of rotatable bonds is 3. The number of anilines is 1. The summed E-state index contributed by atoms with van der Waals surface area (Å²) >= 11 is 0. The van der Waals surface area contributed by atoms with Gasteiger partial charge in [-0.15, -0.1) is 0 Å². The fourth-order valence-corrected chi connectivity index (χ4v) is 2.98. The Morgan fingerprint density at radius 3 is 2.56 bits per heavy atom. The van der Waals surface area contributed by atoms with E-state index in [9.17, 15) is 19.1 Å². The van der Waals surface area contributed by atoms with Gasteiger partial charge >= 0.3 is 0 Å². The Morgan fingerprint density at radius 1 is 1.22 bits per heavy atom. The predicted octanol–water partition coefficient (Wildman–Crippen LogP) is 2.04. The molecule has 3 aromatic rings. The van der Waals surface area contributed by atoms with Gasteiger partial charge in [0.25, 0.3) is 11.5 Å². The second-order valence-electron chi connectivity index (χ2n) is 6.13. The van der Waals surface area contributed by atoms with Crippen LogP contribution in [0.5, 0.6) is 5.75 Å². The van der Waals surface area contributed by atoms with Gasteiger partial charge in [0.15, 0.2) is 0 Å². The van der Waals surface area contributed by atoms with Crippen LogP contribution in [0.1, 0.15) is 21.5 Å². The Kier molecular flexibility index (Phi) is 4.40. The van der Waals surface area contributed by atoms with E-state index in [1.807, 2.05) is 0 Å². The number of aromatic nitrogens is 2. The van der Waals surface area contributed by atoms with Crippen LogP contribution in [-0.2, 0) is 0 Å². The molecule has 0 unspecified atom stereocenters. The van der Waals surface area contributed by atoms with Crippen LogP contribution in [0.2, 0.25) is 0 Å². The Labute approximate surface area is 153 Å². The molecule has 0 spiro atoms. The normalized spacial score (nSPS) is 10.8. The lowest BCUT2D eigenvalue weighted by molar-refractivity contribution is 0.100. The van der Waals surface area contributed by atoms with Gasteiger partial charge in [0.05, 0.1) is 23.0 Å². The molecule has 27 heavy (non-hydrogen) atoms. The zero-order valence-electron chi connectivity index (χ0n) is 14.7. The zero-order chi connectivity index (χ0) is 19.9. The number of amides is 1. The zero-order valence-corrected chi connectivity index (χ0v) is 14.7. The number of nitrogen functional groups attached to an aromatic ring is 1. The van der Waals surface area contributed by atoms with Crippen LogP contribution < -0.4 is 17.0 Å². The van der Waals surface area contributed by atoms with E-state index < -0.39 is 17.3 Å². The number of hydrogen-bond acceptors (Lipinski definition) is 5. The van der Waals surface area contributed by atoms with E-state index >= 15 is 0 Å². The van der Waals surface area contributed by atoms with E-state index in [0.717, 1.165) is 16.8 Å².